The second kappa shape index (κ2) is 10.6. The second-order valence-electron chi connectivity index (χ2n) is 7.00. The SMILES string of the molecule is CCN(CC)c1ccc(NC(=O)c2cnc(NCCCN(C)C)nc2)c(C)c1. The maximum atomic E-state index is 12.5. The molecule has 28 heavy (non-hydrogen) atoms. The zero-order valence-corrected chi connectivity index (χ0v) is 17.6. The Balaban J connectivity index is 1.95. The van der Waals surface area contributed by atoms with Gasteiger partial charge in [0, 0.05) is 43.4 Å². The molecule has 0 atom stereocenters. The highest BCUT2D eigenvalue weighted by molar-refractivity contribution is 6.04. The molecule has 2 N–H and O–H groups in total. The number of benzene rings is 1. The summed E-state index contributed by atoms with van der Waals surface area (Å²) in [6.45, 7) is 9.97. The lowest BCUT2D eigenvalue weighted by Crippen LogP contribution is -2.22. The number of rotatable bonds is 10. The monoisotopic (exact) mass is 384 g/mol. The van der Waals surface area contributed by atoms with Crippen molar-refractivity contribution in [2.24, 2.45) is 0 Å². The molecule has 1 aromatic heterocycles. The molecule has 7 heteroatoms. The Morgan fingerprint density at radius 2 is 1.79 bits per heavy atom. The fourth-order valence-corrected chi connectivity index (χ4v) is 2.90. The largest absolute Gasteiger partial charge is 0.372 e. The summed E-state index contributed by atoms with van der Waals surface area (Å²) < 4.78 is 0. The maximum absolute atomic E-state index is 12.5. The molecule has 0 radical (unpaired) electrons. The van der Waals surface area contributed by atoms with Crippen LogP contribution in [0, 0.1) is 6.92 Å². The van der Waals surface area contributed by atoms with Crippen molar-refractivity contribution < 1.29 is 4.79 Å². The number of nitrogens with zero attached hydrogens (tertiary/aromatic N) is 4. The number of carbonyl (C=O) groups excluding carboxylic acids is 1. The van der Waals surface area contributed by atoms with E-state index in [0.29, 0.717) is 11.5 Å². The lowest BCUT2D eigenvalue weighted by Gasteiger charge is -2.22. The molecule has 0 unspecified atom stereocenters. The zero-order chi connectivity index (χ0) is 20.5. The minimum Gasteiger partial charge on any atom is -0.372 e. The van der Waals surface area contributed by atoms with Gasteiger partial charge in [-0.25, -0.2) is 9.97 Å². The van der Waals surface area contributed by atoms with E-state index >= 15 is 0 Å². The van der Waals surface area contributed by atoms with Crippen LogP contribution in [0.2, 0.25) is 0 Å². The van der Waals surface area contributed by atoms with Gasteiger partial charge in [-0.1, -0.05) is 0 Å². The van der Waals surface area contributed by atoms with Crippen molar-refractivity contribution in [1.29, 1.82) is 0 Å². The number of anilines is 3. The number of hydrogen-bond donors (Lipinski definition) is 2. The zero-order valence-electron chi connectivity index (χ0n) is 17.6. The summed E-state index contributed by atoms with van der Waals surface area (Å²) in [5.74, 6) is 0.327. The standard InChI is InChI=1S/C21H32N6O/c1-6-27(7-2)18-9-10-19(16(3)13-18)25-20(28)17-14-23-21(24-15-17)22-11-8-12-26(4)5/h9-10,13-15H,6-8,11-12H2,1-5H3,(H,25,28)(H,22,23,24). The van der Waals surface area contributed by atoms with Gasteiger partial charge in [-0.15, -0.1) is 0 Å². The topological polar surface area (TPSA) is 73.4 Å². The molecule has 0 bridgehead atoms. The number of carbonyl (C=O) groups is 1. The Hall–Kier alpha value is -2.67. The van der Waals surface area contributed by atoms with E-state index in [-0.39, 0.29) is 5.91 Å². The molecule has 1 amide bonds. The van der Waals surface area contributed by atoms with Crippen molar-refractivity contribution in [1.82, 2.24) is 14.9 Å². The normalized spacial score (nSPS) is 10.8. The summed E-state index contributed by atoms with van der Waals surface area (Å²) >= 11 is 0. The van der Waals surface area contributed by atoms with Crippen molar-refractivity contribution in [2.75, 3.05) is 55.8 Å². The van der Waals surface area contributed by atoms with Crippen LogP contribution >= 0.6 is 0 Å². The predicted octanol–water partition coefficient (Wildman–Crippen LogP) is 3.25. The molecule has 0 spiro atoms. The van der Waals surface area contributed by atoms with E-state index in [1.54, 1.807) is 12.4 Å². The van der Waals surface area contributed by atoms with Crippen molar-refractivity contribution in [2.45, 2.75) is 27.2 Å². The van der Waals surface area contributed by atoms with Gasteiger partial charge in [0.05, 0.1) is 5.56 Å². The Morgan fingerprint density at radius 3 is 2.36 bits per heavy atom. The Bertz CT molecular complexity index is 756. The number of amides is 1. The van der Waals surface area contributed by atoms with Gasteiger partial charge < -0.3 is 20.4 Å². The van der Waals surface area contributed by atoms with E-state index in [0.717, 1.165) is 49.5 Å². The molecular formula is C21H32N6O. The second-order valence-corrected chi connectivity index (χ2v) is 7.00. The van der Waals surface area contributed by atoms with Crippen molar-refractivity contribution in [3.05, 3.63) is 41.7 Å². The van der Waals surface area contributed by atoms with E-state index in [9.17, 15) is 4.79 Å². The first-order valence-electron chi connectivity index (χ1n) is 9.82. The molecule has 0 aliphatic rings. The molecular weight excluding hydrogens is 352 g/mol. The first kappa shape index (κ1) is 21.6. The van der Waals surface area contributed by atoms with Crippen LogP contribution in [0.3, 0.4) is 0 Å². The molecule has 0 saturated carbocycles. The Labute approximate surface area is 168 Å². The highest BCUT2D eigenvalue weighted by Gasteiger charge is 2.11. The van der Waals surface area contributed by atoms with Gasteiger partial charge in [-0.05, 0) is 71.6 Å². The van der Waals surface area contributed by atoms with Gasteiger partial charge >= 0.3 is 0 Å². The molecule has 0 fully saturated rings. The fraction of sp³-hybridized carbons (Fsp3) is 0.476. The van der Waals surface area contributed by atoms with Crippen LogP contribution < -0.4 is 15.5 Å². The summed E-state index contributed by atoms with van der Waals surface area (Å²) in [6, 6.07) is 6.08. The van der Waals surface area contributed by atoms with Crippen molar-refractivity contribution in [3.63, 3.8) is 0 Å². The maximum Gasteiger partial charge on any atom is 0.258 e. The van der Waals surface area contributed by atoms with Crippen LogP contribution in [0.4, 0.5) is 17.3 Å². The minimum atomic E-state index is -0.210. The van der Waals surface area contributed by atoms with Gasteiger partial charge in [0.15, 0.2) is 0 Å². The lowest BCUT2D eigenvalue weighted by atomic mass is 10.1. The number of nitrogens with one attached hydrogen (secondary N) is 2. The molecule has 7 nitrogen and oxygen atoms in total. The number of hydrogen-bond acceptors (Lipinski definition) is 6. The molecule has 152 valence electrons. The van der Waals surface area contributed by atoms with E-state index in [4.69, 9.17) is 0 Å². The van der Waals surface area contributed by atoms with Crippen LogP contribution in [0.1, 0.15) is 36.2 Å². The van der Waals surface area contributed by atoms with Crippen molar-refractivity contribution in [3.8, 4) is 0 Å². The predicted molar refractivity (Wildman–Crippen MR) is 116 cm³/mol. The van der Waals surface area contributed by atoms with E-state index in [1.165, 1.54) is 0 Å². The molecule has 0 saturated heterocycles. The fourth-order valence-electron chi connectivity index (χ4n) is 2.90. The van der Waals surface area contributed by atoms with E-state index in [1.807, 2.05) is 33.2 Å². The summed E-state index contributed by atoms with van der Waals surface area (Å²) in [7, 11) is 4.09. The van der Waals surface area contributed by atoms with Crippen molar-refractivity contribution >= 4 is 23.2 Å². The third-order valence-electron chi connectivity index (χ3n) is 4.57. The van der Waals surface area contributed by atoms with Gasteiger partial charge in [-0.2, -0.15) is 0 Å². The smallest absolute Gasteiger partial charge is 0.258 e. The number of aryl methyl sites for hydroxylation is 1. The molecule has 0 aliphatic carbocycles. The van der Waals surface area contributed by atoms with Crippen LogP contribution in [0.25, 0.3) is 0 Å². The van der Waals surface area contributed by atoms with Gasteiger partial charge in [0.25, 0.3) is 5.91 Å². The third kappa shape index (κ3) is 6.20. The lowest BCUT2D eigenvalue weighted by molar-refractivity contribution is 0.102. The van der Waals surface area contributed by atoms with Crippen LogP contribution in [-0.4, -0.2) is 61.0 Å². The highest BCUT2D eigenvalue weighted by Crippen LogP contribution is 2.23. The summed E-state index contributed by atoms with van der Waals surface area (Å²) in [5, 5.41) is 6.12. The molecule has 2 rings (SSSR count). The van der Waals surface area contributed by atoms with Crippen LogP contribution in [0.15, 0.2) is 30.6 Å². The average Bonchev–Trinajstić information content (AvgIpc) is 2.68. The van der Waals surface area contributed by atoms with Crippen LogP contribution in [0.5, 0.6) is 0 Å². The molecule has 1 heterocycles. The molecule has 2 aromatic rings. The highest BCUT2D eigenvalue weighted by atomic mass is 16.1. The van der Waals surface area contributed by atoms with E-state index < -0.39 is 0 Å². The summed E-state index contributed by atoms with van der Waals surface area (Å²) in [6.07, 6.45) is 4.10. The van der Waals surface area contributed by atoms with Gasteiger partial charge in [0.1, 0.15) is 0 Å². The first-order chi connectivity index (χ1) is 13.4. The third-order valence-corrected chi connectivity index (χ3v) is 4.57. The molecule has 0 aliphatic heterocycles. The summed E-state index contributed by atoms with van der Waals surface area (Å²) in [4.78, 5) is 25.4. The quantitative estimate of drug-likeness (QED) is 0.613. The van der Waals surface area contributed by atoms with Gasteiger partial charge in [0.2, 0.25) is 5.95 Å². The average molecular weight is 385 g/mol. The Kier molecular flexibility index (Phi) is 8.19. The Morgan fingerprint density at radius 1 is 1.11 bits per heavy atom. The van der Waals surface area contributed by atoms with Crippen LogP contribution in [-0.2, 0) is 0 Å². The first-order valence-corrected chi connectivity index (χ1v) is 9.82. The van der Waals surface area contributed by atoms with E-state index in [2.05, 4.69) is 50.3 Å². The molecule has 1 aromatic carbocycles. The van der Waals surface area contributed by atoms with Gasteiger partial charge in [-0.3, -0.25) is 4.79 Å². The number of aromatic nitrogens is 2. The minimum absolute atomic E-state index is 0.210. The summed E-state index contributed by atoms with van der Waals surface area (Å²) in [5.41, 5.74) is 3.42.